The highest BCUT2D eigenvalue weighted by Gasteiger charge is 2.06. The average molecular weight is 213 g/mol. The Bertz CT molecular complexity index is 174. The van der Waals surface area contributed by atoms with Gasteiger partial charge in [0, 0.05) is 19.1 Å². The van der Waals surface area contributed by atoms with Crippen LogP contribution >= 0.6 is 0 Å². The van der Waals surface area contributed by atoms with Crippen molar-refractivity contribution in [1.29, 1.82) is 0 Å². The molecule has 0 bridgehead atoms. The molecule has 0 aliphatic rings. The van der Waals surface area contributed by atoms with Crippen LogP contribution < -0.4 is 5.32 Å². The molecule has 1 amide bonds. The predicted octanol–water partition coefficient (Wildman–Crippen LogP) is 0.995. The maximum absolute atomic E-state index is 11.4. The summed E-state index contributed by atoms with van der Waals surface area (Å²) in [5.74, 6) is 0.631. The Morgan fingerprint density at radius 3 is 2.60 bits per heavy atom. The molecule has 0 fully saturated rings. The summed E-state index contributed by atoms with van der Waals surface area (Å²) in [7, 11) is 2.12. The summed E-state index contributed by atoms with van der Waals surface area (Å²) in [4.78, 5) is 11.4. The van der Waals surface area contributed by atoms with E-state index in [1.807, 2.05) is 6.92 Å². The van der Waals surface area contributed by atoms with Gasteiger partial charge in [0.05, 0.1) is 6.61 Å². The first-order valence-electron chi connectivity index (χ1n) is 5.93. The van der Waals surface area contributed by atoms with Crippen molar-refractivity contribution in [2.75, 3.05) is 13.2 Å². The third-order valence-electron chi connectivity index (χ3n) is 2.05. The van der Waals surface area contributed by atoms with Crippen LogP contribution in [0.5, 0.6) is 0 Å². The lowest BCUT2D eigenvalue weighted by Crippen LogP contribution is -2.33. The number of ether oxygens (including phenoxy) is 1. The Kier molecular flexibility index (Phi) is 8.48. The Morgan fingerprint density at radius 1 is 1.40 bits per heavy atom. The van der Waals surface area contributed by atoms with E-state index in [4.69, 9.17) is 4.74 Å². The van der Waals surface area contributed by atoms with Crippen LogP contribution in [0.2, 0.25) is 6.32 Å². The lowest BCUT2D eigenvalue weighted by molar-refractivity contribution is -0.122. The van der Waals surface area contributed by atoms with Gasteiger partial charge in [-0.05, 0) is 19.3 Å². The smallest absolute Gasteiger partial charge is 0.222 e. The summed E-state index contributed by atoms with van der Waals surface area (Å²) >= 11 is 0. The molecule has 15 heavy (non-hydrogen) atoms. The fourth-order valence-electron chi connectivity index (χ4n) is 1.34. The monoisotopic (exact) mass is 213 g/mol. The summed E-state index contributed by atoms with van der Waals surface area (Å²) in [5.41, 5.74) is 0. The number of hydrogen-bond donors (Lipinski definition) is 1. The van der Waals surface area contributed by atoms with Crippen LogP contribution in [0.3, 0.4) is 0 Å². The summed E-state index contributed by atoms with van der Waals surface area (Å²) in [6, 6.07) is 0.285. The van der Waals surface area contributed by atoms with E-state index in [2.05, 4.69) is 27.0 Å². The molecular formula is C11H24BNO2. The van der Waals surface area contributed by atoms with Gasteiger partial charge in [0.25, 0.3) is 0 Å². The summed E-state index contributed by atoms with van der Waals surface area (Å²) in [6.45, 7) is 7.50. The molecule has 1 atom stereocenters. The Hall–Kier alpha value is -0.505. The number of nitrogens with one attached hydrogen (secondary N) is 1. The maximum atomic E-state index is 11.4. The highest BCUT2D eigenvalue weighted by atomic mass is 16.5. The minimum atomic E-state index is 0.0970. The average Bonchev–Trinajstić information content (AvgIpc) is 2.12. The third-order valence-corrected chi connectivity index (χ3v) is 2.05. The minimum absolute atomic E-state index is 0.0970. The number of carbonyl (C=O) groups is 1. The van der Waals surface area contributed by atoms with Gasteiger partial charge in [0.1, 0.15) is 7.85 Å². The van der Waals surface area contributed by atoms with E-state index in [1.54, 1.807) is 0 Å². The van der Waals surface area contributed by atoms with Crippen LogP contribution in [0, 0.1) is 5.92 Å². The molecule has 0 aromatic heterocycles. The van der Waals surface area contributed by atoms with Gasteiger partial charge in [-0.15, -0.1) is 0 Å². The highest BCUT2D eigenvalue weighted by Crippen LogP contribution is 1.96. The Balaban J connectivity index is 3.40. The zero-order valence-electron chi connectivity index (χ0n) is 10.5. The van der Waals surface area contributed by atoms with Crippen LogP contribution in [-0.2, 0) is 9.53 Å². The van der Waals surface area contributed by atoms with Crippen LogP contribution in [-0.4, -0.2) is 33.0 Å². The molecule has 0 rings (SSSR count). The second-order valence-electron chi connectivity index (χ2n) is 4.48. The Labute approximate surface area is 94.4 Å². The molecule has 3 nitrogen and oxygen atoms in total. The van der Waals surface area contributed by atoms with Gasteiger partial charge in [-0.1, -0.05) is 20.2 Å². The molecule has 0 heterocycles. The molecular weight excluding hydrogens is 189 g/mol. The predicted molar refractivity (Wildman–Crippen MR) is 65.8 cm³/mol. The molecule has 0 aliphatic heterocycles. The topological polar surface area (TPSA) is 38.3 Å². The van der Waals surface area contributed by atoms with E-state index < -0.39 is 0 Å². The minimum Gasteiger partial charge on any atom is -0.381 e. The number of hydrogen-bond acceptors (Lipinski definition) is 2. The van der Waals surface area contributed by atoms with E-state index in [-0.39, 0.29) is 11.9 Å². The van der Waals surface area contributed by atoms with Gasteiger partial charge in [-0.2, -0.15) is 0 Å². The standard InChI is InChI=1S/C11H24BNO2/c1-9(2)8-15-7-5-11(14)13-10(3)4-6-12/h9-10H,4-8,12H2,1-3H3,(H,13,14). The first-order chi connectivity index (χ1) is 7.06. The van der Waals surface area contributed by atoms with Crippen molar-refractivity contribution < 1.29 is 9.53 Å². The molecule has 0 aliphatic carbocycles. The lowest BCUT2D eigenvalue weighted by atomic mass is 9.98. The van der Waals surface area contributed by atoms with E-state index in [9.17, 15) is 4.79 Å². The molecule has 1 N–H and O–H groups in total. The fourth-order valence-corrected chi connectivity index (χ4v) is 1.34. The zero-order chi connectivity index (χ0) is 11.7. The van der Waals surface area contributed by atoms with Crippen LogP contribution in [0.25, 0.3) is 0 Å². The summed E-state index contributed by atoms with van der Waals surface area (Å²) in [6.07, 6.45) is 2.62. The molecule has 88 valence electrons. The molecule has 0 spiro atoms. The molecule has 4 heteroatoms. The number of amides is 1. The number of rotatable bonds is 8. The van der Waals surface area contributed by atoms with Gasteiger partial charge in [0.2, 0.25) is 5.91 Å². The van der Waals surface area contributed by atoms with Crippen molar-refractivity contribution in [3.8, 4) is 0 Å². The number of carbonyl (C=O) groups excluding carboxylic acids is 1. The van der Waals surface area contributed by atoms with Crippen LogP contribution in [0.4, 0.5) is 0 Å². The maximum Gasteiger partial charge on any atom is 0.222 e. The summed E-state index contributed by atoms with van der Waals surface area (Å²) in [5, 5.41) is 2.95. The fraction of sp³-hybridized carbons (Fsp3) is 0.909. The first kappa shape index (κ1) is 14.5. The third kappa shape index (κ3) is 9.79. The molecule has 0 aromatic carbocycles. The van der Waals surface area contributed by atoms with Crippen molar-refractivity contribution in [3.05, 3.63) is 0 Å². The highest BCUT2D eigenvalue weighted by molar-refractivity contribution is 6.08. The van der Waals surface area contributed by atoms with E-state index in [0.717, 1.165) is 19.3 Å². The van der Waals surface area contributed by atoms with Crippen LogP contribution in [0.1, 0.15) is 33.6 Å². The van der Waals surface area contributed by atoms with E-state index >= 15 is 0 Å². The van der Waals surface area contributed by atoms with Crippen molar-refractivity contribution >= 4 is 13.8 Å². The molecule has 0 saturated carbocycles. The Morgan fingerprint density at radius 2 is 2.07 bits per heavy atom. The lowest BCUT2D eigenvalue weighted by Gasteiger charge is -2.13. The second-order valence-corrected chi connectivity index (χ2v) is 4.48. The molecule has 0 radical (unpaired) electrons. The van der Waals surface area contributed by atoms with Gasteiger partial charge in [0.15, 0.2) is 0 Å². The van der Waals surface area contributed by atoms with Crippen LogP contribution in [0.15, 0.2) is 0 Å². The van der Waals surface area contributed by atoms with Crippen molar-refractivity contribution in [2.45, 2.75) is 46.0 Å². The summed E-state index contributed by atoms with van der Waals surface area (Å²) < 4.78 is 5.35. The largest absolute Gasteiger partial charge is 0.381 e. The SMILES string of the molecule is BCCC(C)NC(=O)CCOCC(C)C. The van der Waals surface area contributed by atoms with E-state index in [0.29, 0.717) is 18.9 Å². The van der Waals surface area contributed by atoms with Gasteiger partial charge < -0.3 is 10.1 Å². The zero-order valence-corrected chi connectivity index (χ0v) is 10.5. The molecule has 0 saturated heterocycles. The van der Waals surface area contributed by atoms with Crippen molar-refractivity contribution in [3.63, 3.8) is 0 Å². The normalized spacial score (nSPS) is 12.8. The second kappa shape index (κ2) is 8.78. The van der Waals surface area contributed by atoms with Crippen molar-refractivity contribution in [1.82, 2.24) is 5.32 Å². The van der Waals surface area contributed by atoms with Gasteiger partial charge in [-0.3, -0.25) is 4.79 Å². The quantitative estimate of drug-likeness (QED) is 0.482. The molecule has 0 aromatic rings. The first-order valence-corrected chi connectivity index (χ1v) is 5.93. The molecule has 1 unspecified atom stereocenters. The van der Waals surface area contributed by atoms with Gasteiger partial charge in [-0.25, -0.2) is 0 Å². The van der Waals surface area contributed by atoms with Gasteiger partial charge >= 0.3 is 0 Å². The van der Waals surface area contributed by atoms with E-state index in [1.165, 1.54) is 0 Å². The van der Waals surface area contributed by atoms with Crippen molar-refractivity contribution in [2.24, 2.45) is 5.92 Å².